The highest BCUT2D eigenvalue weighted by molar-refractivity contribution is 6.09. The number of carboxylic acids is 1. The lowest BCUT2D eigenvalue weighted by molar-refractivity contribution is 0.0692. The number of hydrogen-bond acceptors (Lipinski definition) is 5. The van der Waals surface area contributed by atoms with E-state index < -0.39 is 11.9 Å². The van der Waals surface area contributed by atoms with Gasteiger partial charge in [0, 0.05) is 31.0 Å². The molecule has 1 amide bonds. The van der Waals surface area contributed by atoms with Crippen molar-refractivity contribution in [3.63, 3.8) is 0 Å². The Kier molecular flexibility index (Phi) is 5.04. The molecule has 0 spiro atoms. The third-order valence-corrected chi connectivity index (χ3v) is 4.72. The van der Waals surface area contributed by atoms with Crippen LogP contribution in [0.1, 0.15) is 50.4 Å². The molecule has 3 rings (SSSR count). The molecule has 3 heterocycles. The molecule has 0 aromatic carbocycles. The van der Waals surface area contributed by atoms with Crippen molar-refractivity contribution in [3.8, 4) is 0 Å². The van der Waals surface area contributed by atoms with Crippen LogP contribution in [0.3, 0.4) is 0 Å². The molecule has 10 heteroatoms. The van der Waals surface area contributed by atoms with Gasteiger partial charge in [-0.2, -0.15) is 15.3 Å². The summed E-state index contributed by atoms with van der Waals surface area (Å²) in [5.41, 5.74) is 3.78. The molecule has 0 aliphatic carbocycles. The van der Waals surface area contributed by atoms with Crippen molar-refractivity contribution in [3.05, 3.63) is 46.3 Å². The molecule has 0 aliphatic heterocycles. The largest absolute Gasteiger partial charge is 0.478 e. The van der Waals surface area contributed by atoms with Gasteiger partial charge in [-0.1, -0.05) is 0 Å². The lowest BCUT2D eigenvalue weighted by Crippen LogP contribution is -2.17. The van der Waals surface area contributed by atoms with Gasteiger partial charge < -0.3 is 10.4 Å². The summed E-state index contributed by atoms with van der Waals surface area (Å²) >= 11 is 0. The Hall–Kier alpha value is -3.43. The minimum Gasteiger partial charge on any atom is -0.478 e. The highest BCUT2D eigenvalue weighted by Crippen LogP contribution is 2.22. The molecule has 0 atom stereocenters. The zero-order chi connectivity index (χ0) is 20.6. The highest BCUT2D eigenvalue weighted by Gasteiger charge is 2.23. The molecule has 0 fully saturated rings. The minimum absolute atomic E-state index is 0.137. The summed E-state index contributed by atoms with van der Waals surface area (Å²) in [5.74, 6) is -1.79. The molecule has 3 aromatic rings. The number of hydrogen-bond donors (Lipinski definition) is 2. The number of anilines is 1. The second-order valence-corrected chi connectivity index (χ2v) is 6.60. The Morgan fingerprint density at radius 3 is 2.46 bits per heavy atom. The standard InChI is InChI=1S/C18H23N7O3/c1-6-24-11(3)13(7-19-24)8-25-12(4)15(10(2)21-25)20-17(26)16-14(18(27)28)9-23(5)22-16/h7,9H,6,8H2,1-5H3,(H,20,26)(H,27,28). The Morgan fingerprint density at radius 2 is 1.86 bits per heavy atom. The smallest absolute Gasteiger partial charge is 0.339 e. The van der Waals surface area contributed by atoms with Gasteiger partial charge in [-0.3, -0.25) is 18.8 Å². The molecule has 0 unspecified atom stereocenters. The molecule has 148 valence electrons. The number of carbonyl (C=O) groups excluding carboxylic acids is 1. The van der Waals surface area contributed by atoms with E-state index in [2.05, 4.69) is 20.6 Å². The second-order valence-electron chi connectivity index (χ2n) is 6.60. The van der Waals surface area contributed by atoms with Crippen LogP contribution in [0.15, 0.2) is 12.4 Å². The predicted molar refractivity (Wildman–Crippen MR) is 102 cm³/mol. The lowest BCUT2D eigenvalue weighted by atomic mass is 10.2. The molecule has 0 bridgehead atoms. The summed E-state index contributed by atoms with van der Waals surface area (Å²) in [6.45, 7) is 9.00. The number of carboxylic acid groups (broad SMARTS) is 1. The minimum atomic E-state index is -1.20. The first kappa shape index (κ1) is 19.3. The number of nitrogens with zero attached hydrogens (tertiary/aromatic N) is 6. The van der Waals surface area contributed by atoms with Crippen LogP contribution in [0.2, 0.25) is 0 Å². The summed E-state index contributed by atoms with van der Waals surface area (Å²) in [5, 5.41) is 24.9. The normalized spacial score (nSPS) is 11.0. The molecule has 0 radical (unpaired) electrons. The number of aromatic carboxylic acids is 1. The van der Waals surface area contributed by atoms with E-state index >= 15 is 0 Å². The maximum atomic E-state index is 12.6. The van der Waals surface area contributed by atoms with Gasteiger partial charge in [0.1, 0.15) is 5.56 Å². The Labute approximate surface area is 161 Å². The average molecular weight is 385 g/mol. The molecule has 2 N–H and O–H groups in total. The van der Waals surface area contributed by atoms with E-state index in [1.54, 1.807) is 18.7 Å². The fourth-order valence-electron chi connectivity index (χ4n) is 3.14. The number of aryl methyl sites for hydroxylation is 3. The maximum Gasteiger partial charge on any atom is 0.339 e. The molecule has 0 saturated carbocycles. The van der Waals surface area contributed by atoms with E-state index in [9.17, 15) is 14.7 Å². The van der Waals surface area contributed by atoms with Crippen molar-refractivity contribution < 1.29 is 14.7 Å². The lowest BCUT2D eigenvalue weighted by Gasteiger charge is -2.07. The van der Waals surface area contributed by atoms with Crippen molar-refractivity contribution >= 4 is 17.6 Å². The summed E-state index contributed by atoms with van der Waals surface area (Å²) in [6.07, 6.45) is 3.12. The zero-order valence-electron chi connectivity index (χ0n) is 16.5. The molecule has 3 aromatic heterocycles. The first-order valence-electron chi connectivity index (χ1n) is 8.86. The van der Waals surface area contributed by atoms with Crippen LogP contribution < -0.4 is 5.32 Å². The van der Waals surface area contributed by atoms with Gasteiger partial charge in [-0.25, -0.2) is 4.79 Å². The van der Waals surface area contributed by atoms with Gasteiger partial charge >= 0.3 is 5.97 Å². The Bertz CT molecular complexity index is 1060. The number of carbonyl (C=O) groups is 2. The van der Waals surface area contributed by atoms with Gasteiger partial charge in [0.25, 0.3) is 5.91 Å². The van der Waals surface area contributed by atoms with E-state index in [-0.39, 0.29) is 11.3 Å². The third-order valence-electron chi connectivity index (χ3n) is 4.72. The molecular weight excluding hydrogens is 362 g/mol. The maximum absolute atomic E-state index is 12.6. The SMILES string of the molecule is CCn1ncc(Cn2nc(C)c(NC(=O)c3nn(C)cc3C(=O)O)c2C)c1C. The van der Waals surface area contributed by atoms with Crippen molar-refractivity contribution in [1.82, 2.24) is 29.3 Å². The molecular formula is C18H23N7O3. The van der Waals surface area contributed by atoms with Gasteiger partial charge in [0.05, 0.1) is 29.8 Å². The van der Waals surface area contributed by atoms with Crippen LogP contribution in [0.5, 0.6) is 0 Å². The van der Waals surface area contributed by atoms with E-state index in [0.29, 0.717) is 17.9 Å². The van der Waals surface area contributed by atoms with E-state index in [1.165, 1.54) is 10.9 Å². The van der Waals surface area contributed by atoms with Gasteiger partial charge in [-0.05, 0) is 27.7 Å². The molecule has 10 nitrogen and oxygen atoms in total. The zero-order valence-corrected chi connectivity index (χ0v) is 16.5. The monoisotopic (exact) mass is 385 g/mol. The van der Waals surface area contributed by atoms with Gasteiger partial charge in [-0.15, -0.1) is 0 Å². The van der Waals surface area contributed by atoms with E-state index in [1.807, 2.05) is 31.6 Å². The number of nitrogens with one attached hydrogen (secondary N) is 1. The Morgan fingerprint density at radius 1 is 1.14 bits per heavy atom. The van der Waals surface area contributed by atoms with Crippen LogP contribution in [0.25, 0.3) is 0 Å². The van der Waals surface area contributed by atoms with Crippen LogP contribution >= 0.6 is 0 Å². The van der Waals surface area contributed by atoms with Crippen molar-refractivity contribution in [2.75, 3.05) is 5.32 Å². The quantitative estimate of drug-likeness (QED) is 0.667. The summed E-state index contributed by atoms with van der Waals surface area (Å²) in [7, 11) is 1.57. The summed E-state index contributed by atoms with van der Waals surface area (Å²) < 4.78 is 5.01. The predicted octanol–water partition coefficient (Wildman–Crippen LogP) is 1.76. The van der Waals surface area contributed by atoms with E-state index in [4.69, 9.17) is 0 Å². The Balaban J connectivity index is 1.87. The topological polar surface area (TPSA) is 120 Å². The first-order valence-corrected chi connectivity index (χ1v) is 8.86. The van der Waals surface area contributed by atoms with Crippen molar-refractivity contribution in [1.29, 1.82) is 0 Å². The van der Waals surface area contributed by atoms with Gasteiger partial charge in [0.15, 0.2) is 5.69 Å². The molecule has 28 heavy (non-hydrogen) atoms. The molecule has 0 aliphatic rings. The van der Waals surface area contributed by atoms with Crippen molar-refractivity contribution in [2.24, 2.45) is 7.05 Å². The van der Waals surface area contributed by atoms with Gasteiger partial charge in [0.2, 0.25) is 0 Å². The summed E-state index contributed by atoms with van der Waals surface area (Å²) in [6, 6.07) is 0. The fraction of sp³-hybridized carbons (Fsp3) is 0.389. The second kappa shape index (κ2) is 7.29. The third kappa shape index (κ3) is 3.40. The van der Waals surface area contributed by atoms with Crippen LogP contribution in [-0.4, -0.2) is 46.3 Å². The fourth-order valence-corrected chi connectivity index (χ4v) is 3.14. The van der Waals surface area contributed by atoms with Crippen LogP contribution in [-0.2, 0) is 20.1 Å². The highest BCUT2D eigenvalue weighted by atomic mass is 16.4. The van der Waals surface area contributed by atoms with Crippen molar-refractivity contribution in [2.45, 2.75) is 40.8 Å². The van der Waals surface area contributed by atoms with E-state index in [0.717, 1.165) is 23.5 Å². The van der Waals surface area contributed by atoms with Crippen LogP contribution in [0, 0.1) is 20.8 Å². The number of amides is 1. The van der Waals surface area contributed by atoms with Crippen LogP contribution in [0.4, 0.5) is 5.69 Å². The average Bonchev–Trinajstić information content (AvgIpc) is 3.28. The number of rotatable bonds is 6. The summed E-state index contributed by atoms with van der Waals surface area (Å²) in [4.78, 5) is 24.0. The number of aromatic nitrogens is 6. The molecule has 0 saturated heterocycles. The first-order chi connectivity index (χ1) is 13.2.